The van der Waals surface area contributed by atoms with Gasteiger partial charge in [0.25, 0.3) is 0 Å². The average molecular weight is 162 g/mol. The third-order valence-electron chi connectivity index (χ3n) is 2.20. The first-order chi connectivity index (χ1) is 5.15. The van der Waals surface area contributed by atoms with Gasteiger partial charge in [-0.05, 0) is 18.8 Å². The summed E-state index contributed by atoms with van der Waals surface area (Å²) in [6, 6.07) is 0. The number of aliphatic hydroxyl groups is 4. The van der Waals surface area contributed by atoms with Gasteiger partial charge < -0.3 is 20.4 Å². The predicted molar refractivity (Wildman–Crippen MR) is 37.8 cm³/mol. The lowest BCUT2D eigenvalue weighted by Crippen LogP contribution is -2.45. The maximum atomic E-state index is 9.13. The van der Waals surface area contributed by atoms with E-state index in [1.165, 1.54) is 0 Å². The molecule has 1 saturated carbocycles. The predicted octanol–water partition coefficient (Wildman–Crippen LogP) is -1.53. The quantitative estimate of drug-likeness (QED) is 0.377. The van der Waals surface area contributed by atoms with Crippen molar-refractivity contribution in [2.45, 2.75) is 31.2 Å². The molecule has 0 radical (unpaired) electrons. The topological polar surface area (TPSA) is 80.9 Å². The smallest absolute Gasteiger partial charge is 0.106 e. The fourth-order valence-electron chi connectivity index (χ4n) is 1.46. The van der Waals surface area contributed by atoms with Crippen molar-refractivity contribution >= 4 is 0 Å². The summed E-state index contributed by atoms with van der Waals surface area (Å²) in [6.45, 7) is -0.0408. The molecule has 4 N–H and O–H groups in total. The van der Waals surface area contributed by atoms with E-state index in [-0.39, 0.29) is 12.5 Å². The van der Waals surface area contributed by atoms with Gasteiger partial charge in [-0.2, -0.15) is 0 Å². The highest BCUT2D eigenvalue weighted by Crippen LogP contribution is 2.24. The minimum Gasteiger partial charge on any atom is -0.396 e. The van der Waals surface area contributed by atoms with Gasteiger partial charge >= 0.3 is 0 Å². The molecule has 0 heterocycles. The Kier molecular flexibility index (Phi) is 2.84. The van der Waals surface area contributed by atoms with Crippen LogP contribution in [0.25, 0.3) is 0 Å². The molecule has 11 heavy (non-hydrogen) atoms. The SMILES string of the molecule is OCC1CC(O)C(O)[C@@H](O)C1. The third kappa shape index (κ3) is 1.90. The summed E-state index contributed by atoms with van der Waals surface area (Å²) >= 11 is 0. The lowest BCUT2D eigenvalue weighted by Gasteiger charge is -2.32. The van der Waals surface area contributed by atoms with Gasteiger partial charge in [-0.15, -0.1) is 0 Å². The van der Waals surface area contributed by atoms with Crippen LogP contribution in [-0.2, 0) is 0 Å². The number of hydrogen-bond donors (Lipinski definition) is 4. The molecule has 66 valence electrons. The zero-order chi connectivity index (χ0) is 8.43. The van der Waals surface area contributed by atoms with Gasteiger partial charge in [-0.25, -0.2) is 0 Å². The Balaban J connectivity index is 2.47. The Labute approximate surface area is 65.1 Å². The van der Waals surface area contributed by atoms with Crippen LogP contribution in [0.3, 0.4) is 0 Å². The maximum absolute atomic E-state index is 9.13. The van der Waals surface area contributed by atoms with Crippen molar-refractivity contribution in [3.8, 4) is 0 Å². The van der Waals surface area contributed by atoms with E-state index < -0.39 is 18.3 Å². The molecule has 0 aromatic heterocycles. The maximum Gasteiger partial charge on any atom is 0.106 e. The fourth-order valence-corrected chi connectivity index (χ4v) is 1.46. The van der Waals surface area contributed by atoms with Crippen molar-refractivity contribution < 1.29 is 20.4 Å². The van der Waals surface area contributed by atoms with E-state index in [2.05, 4.69) is 0 Å². The minimum absolute atomic E-state index is 0.0408. The van der Waals surface area contributed by atoms with Crippen LogP contribution in [0, 0.1) is 5.92 Å². The zero-order valence-electron chi connectivity index (χ0n) is 6.22. The van der Waals surface area contributed by atoms with Crippen LogP contribution in [0.15, 0.2) is 0 Å². The third-order valence-corrected chi connectivity index (χ3v) is 2.20. The highest BCUT2D eigenvalue weighted by atomic mass is 16.4. The van der Waals surface area contributed by atoms with Gasteiger partial charge in [0.05, 0.1) is 12.2 Å². The summed E-state index contributed by atoms with van der Waals surface area (Å²) in [4.78, 5) is 0. The lowest BCUT2D eigenvalue weighted by molar-refractivity contribution is -0.105. The van der Waals surface area contributed by atoms with E-state index in [1.807, 2.05) is 0 Å². The summed E-state index contributed by atoms with van der Waals surface area (Å²) in [5, 5.41) is 36.0. The van der Waals surface area contributed by atoms with Crippen molar-refractivity contribution in [1.29, 1.82) is 0 Å². The molecule has 0 aromatic rings. The second kappa shape index (κ2) is 3.49. The standard InChI is InChI=1S/C7H14O4/c8-3-4-1-5(9)7(11)6(10)2-4/h4-11H,1-3H2/t4?,5-,6?,7?/m0/s1. The van der Waals surface area contributed by atoms with E-state index in [0.29, 0.717) is 12.8 Å². The monoisotopic (exact) mass is 162 g/mol. The molecule has 0 bridgehead atoms. The van der Waals surface area contributed by atoms with E-state index in [4.69, 9.17) is 20.4 Å². The molecule has 3 unspecified atom stereocenters. The van der Waals surface area contributed by atoms with Crippen LogP contribution < -0.4 is 0 Å². The van der Waals surface area contributed by atoms with Crippen LogP contribution in [0.1, 0.15) is 12.8 Å². The average Bonchev–Trinajstić information content (AvgIpc) is 1.99. The molecule has 1 aliphatic rings. The lowest BCUT2D eigenvalue weighted by atomic mass is 9.84. The van der Waals surface area contributed by atoms with Gasteiger partial charge in [0, 0.05) is 6.61 Å². The number of rotatable bonds is 1. The Morgan fingerprint density at radius 2 is 1.45 bits per heavy atom. The van der Waals surface area contributed by atoms with Crippen molar-refractivity contribution in [1.82, 2.24) is 0 Å². The van der Waals surface area contributed by atoms with Gasteiger partial charge in [-0.1, -0.05) is 0 Å². The van der Waals surface area contributed by atoms with Crippen molar-refractivity contribution in [3.63, 3.8) is 0 Å². The highest BCUT2D eigenvalue weighted by Gasteiger charge is 2.33. The molecular formula is C7H14O4. The molecule has 4 nitrogen and oxygen atoms in total. The largest absolute Gasteiger partial charge is 0.396 e. The molecule has 1 rings (SSSR count). The normalized spacial score (nSPS) is 45.8. The first kappa shape index (κ1) is 8.93. The van der Waals surface area contributed by atoms with E-state index in [9.17, 15) is 0 Å². The molecule has 0 saturated heterocycles. The van der Waals surface area contributed by atoms with Gasteiger partial charge in [0.15, 0.2) is 0 Å². The van der Waals surface area contributed by atoms with Crippen molar-refractivity contribution in [2.75, 3.05) is 6.61 Å². The molecular weight excluding hydrogens is 148 g/mol. The van der Waals surface area contributed by atoms with E-state index in [0.717, 1.165) is 0 Å². The second-order valence-electron chi connectivity index (χ2n) is 3.15. The molecule has 4 heteroatoms. The fraction of sp³-hybridized carbons (Fsp3) is 1.00. The molecule has 0 spiro atoms. The summed E-state index contributed by atoms with van der Waals surface area (Å²) in [6.07, 6.45) is -2.09. The van der Waals surface area contributed by atoms with Crippen LogP contribution in [0.2, 0.25) is 0 Å². The summed E-state index contributed by atoms with van der Waals surface area (Å²) in [5.41, 5.74) is 0. The molecule has 1 fully saturated rings. The van der Waals surface area contributed by atoms with Crippen LogP contribution in [0.5, 0.6) is 0 Å². The Bertz CT molecular complexity index is 116. The molecule has 0 aliphatic heterocycles. The zero-order valence-corrected chi connectivity index (χ0v) is 6.22. The second-order valence-corrected chi connectivity index (χ2v) is 3.15. The Morgan fingerprint density at radius 3 is 1.82 bits per heavy atom. The van der Waals surface area contributed by atoms with Crippen molar-refractivity contribution in [2.24, 2.45) is 5.92 Å². The minimum atomic E-state index is -1.04. The number of aliphatic hydroxyl groups excluding tert-OH is 4. The number of hydrogen-bond acceptors (Lipinski definition) is 4. The molecule has 4 atom stereocenters. The molecule has 1 aliphatic carbocycles. The Morgan fingerprint density at radius 1 is 1.00 bits per heavy atom. The van der Waals surface area contributed by atoms with Crippen LogP contribution >= 0.6 is 0 Å². The summed E-state index contributed by atoms with van der Waals surface area (Å²) < 4.78 is 0. The summed E-state index contributed by atoms with van der Waals surface area (Å²) in [5.74, 6) is -0.0802. The molecule has 0 amide bonds. The van der Waals surface area contributed by atoms with Crippen LogP contribution in [-0.4, -0.2) is 45.3 Å². The first-order valence-corrected chi connectivity index (χ1v) is 3.80. The highest BCUT2D eigenvalue weighted by molar-refractivity contribution is 4.85. The van der Waals surface area contributed by atoms with Gasteiger partial charge in [0.1, 0.15) is 6.10 Å². The van der Waals surface area contributed by atoms with Gasteiger partial charge in [-0.3, -0.25) is 0 Å². The molecule has 0 aromatic carbocycles. The Hall–Kier alpha value is -0.160. The van der Waals surface area contributed by atoms with E-state index in [1.54, 1.807) is 0 Å². The van der Waals surface area contributed by atoms with E-state index >= 15 is 0 Å². The first-order valence-electron chi connectivity index (χ1n) is 3.80. The summed E-state index contributed by atoms with van der Waals surface area (Å²) in [7, 11) is 0. The van der Waals surface area contributed by atoms with Crippen LogP contribution in [0.4, 0.5) is 0 Å². The van der Waals surface area contributed by atoms with Gasteiger partial charge in [0.2, 0.25) is 0 Å². The van der Waals surface area contributed by atoms with Crippen molar-refractivity contribution in [3.05, 3.63) is 0 Å².